The molecular weight excluding hydrogens is 372 g/mol. The molecule has 0 aliphatic heterocycles. The predicted octanol–water partition coefficient (Wildman–Crippen LogP) is 4.03. The summed E-state index contributed by atoms with van der Waals surface area (Å²) in [6, 6.07) is 21.3. The Morgan fingerprint density at radius 2 is 1.64 bits per heavy atom. The lowest BCUT2D eigenvalue weighted by Gasteiger charge is -2.13. The Bertz CT molecular complexity index is 1090. The van der Waals surface area contributed by atoms with Crippen molar-refractivity contribution >= 4 is 21.6 Å². The van der Waals surface area contributed by atoms with Crippen LogP contribution in [0.5, 0.6) is 0 Å². The minimum Gasteiger partial charge on any atom is -0.348 e. The highest BCUT2D eigenvalue weighted by molar-refractivity contribution is 7.92. The van der Waals surface area contributed by atoms with E-state index in [4.69, 9.17) is 0 Å². The lowest BCUT2D eigenvalue weighted by Crippen LogP contribution is -2.23. The average Bonchev–Trinajstić information content (AvgIpc) is 2.67. The molecule has 0 aromatic heterocycles. The zero-order valence-electron chi connectivity index (χ0n) is 15.8. The summed E-state index contributed by atoms with van der Waals surface area (Å²) in [5, 5.41) is 2.82. The molecule has 0 radical (unpaired) electrons. The highest BCUT2D eigenvalue weighted by Gasteiger charge is 2.19. The second-order valence-electron chi connectivity index (χ2n) is 6.62. The van der Waals surface area contributed by atoms with Gasteiger partial charge in [-0.2, -0.15) is 0 Å². The number of nitrogens with one attached hydrogen (secondary N) is 2. The van der Waals surface area contributed by atoms with Gasteiger partial charge in [-0.25, -0.2) is 8.42 Å². The number of sulfonamides is 1. The van der Waals surface area contributed by atoms with Gasteiger partial charge in [0.15, 0.2) is 0 Å². The van der Waals surface area contributed by atoms with Crippen LogP contribution >= 0.6 is 0 Å². The Labute approximate surface area is 165 Å². The Morgan fingerprint density at radius 3 is 2.36 bits per heavy atom. The van der Waals surface area contributed by atoms with Crippen molar-refractivity contribution in [2.24, 2.45) is 0 Å². The van der Waals surface area contributed by atoms with Gasteiger partial charge in [0.2, 0.25) is 0 Å². The molecule has 144 valence electrons. The molecule has 0 fully saturated rings. The number of amides is 1. The fourth-order valence-electron chi connectivity index (χ4n) is 2.83. The van der Waals surface area contributed by atoms with E-state index in [1.54, 1.807) is 37.3 Å². The number of carbonyl (C=O) groups is 1. The molecule has 0 bridgehead atoms. The summed E-state index contributed by atoms with van der Waals surface area (Å²) in [6.45, 7) is 3.97. The molecule has 0 aliphatic rings. The lowest BCUT2D eigenvalue weighted by atomic mass is 10.1. The summed E-state index contributed by atoms with van der Waals surface area (Å²) in [5.74, 6) is -0.323. The third-order valence-electron chi connectivity index (χ3n) is 4.31. The van der Waals surface area contributed by atoms with E-state index >= 15 is 0 Å². The van der Waals surface area contributed by atoms with Crippen LogP contribution in [0.3, 0.4) is 0 Å². The van der Waals surface area contributed by atoms with Crippen LogP contribution in [0, 0.1) is 13.8 Å². The number of hydrogen-bond donors (Lipinski definition) is 2. The highest BCUT2D eigenvalue weighted by Crippen LogP contribution is 2.21. The van der Waals surface area contributed by atoms with Gasteiger partial charge in [-0.1, -0.05) is 48.5 Å². The molecule has 6 heteroatoms. The molecule has 1 amide bonds. The van der Waals surface area contributed by atoms with Gasteiger partial charge in [-0.05, 0) is 54.8 Å². The minimum atomic E-state index is -3.81. The molecule has 0 aliphatic carbocycles. The molecule has 0 saturated heterocycles. The second-order valence-corrected chi connectivity index (χ2v) is 8.27. The smallest absolute Gasteiger partial charge is 0.262 e. The molecule has 28 heavy (non-hydrogen) atoms. The molecule has 2 N–H and O–H groups in total. The molecule has 0 heterocycles. The summed E-state index contributed by atoms with van der Waals surface area (Å²) >= 11 is 0. The van der Waals surface area contributed by atoms with Gasteiger partial charge >= 0.3 is 0 Å². The van der Waals surface area contributed by atoms with Gasteiger partial charge in [0.25, 0.3) is 15.9 Å². The maximum Gasteiger partial charge on any atom is 0.262 e. The van der Waals surface area contributed by atoms with Gasteiger partial charge in [0.05, 0.1) is 4.90 Å². The summed E-state index contributed by atoms with van der Waals surface area (Å²) in [5.41, 5.74) is 3.27. The Kier molecular flexibility index (Phi) is 5.80. The summed E-state index contributed by atoms with van der Waals surface area (Å²) in [4.78, 5) is 12.6. The van der Waals surface area contributed by atoms with Gasteiger partial charge in [-0.15, -0.1) is 0 Å². The van der Waals surface area contributed by atoms with Crippen molar-refractivity contribution in [3.63, 3.8) is 0 Å². The molecule has 3 aromatic rings. The van der Waals surface area contributed by atoms with E-state index in [9.17, 15) is 13.2 Å². The van der Waals surface area contributed by atoms with Crippen LogP contribution in [0.4, 0.5) is 5.69 Å². The molecule has 5 nitrogen and oxygen atoms in total. The van der Waals surface area contributed by atoms with Crippen LogP contribution in [0.1, 0.15) is 27.0 Å². The van der Waals surface area contributed by atoms with Crippen LogP contribution in [0.15, 0.2) is 77.7 Å². The van der Waals surface area contributed by atoms with E-state index < -0.39 is 10.0 Å². The molecule has 3 rings (SSSR count). The van der Waals surface area contributed by atoms with E-state index in [0.717, 1.165) is 11.1 Å². The lowest BCUT2D eigenvalue weighted by molar-refractivity contribution is 0.0950. The van der Waals surface area contributed by atoms with E-state index in [0.29, 0.717) is 23.4 Å². The summed E-state index contributed by atoms with van der Waals surface area (Å²) in [6.07, 6.45) is 0. The summed E-state index contributed by atoms with van der Waals surface area (Å²) in [7, 11) is -3.81. The van der Waals surface area contributed by atoms with Crippen molar-refractivity contribution in [3.8, 4) is 0 Å². The third kappa shape index (κ3) is 4.78. The number of benzene rings is 3. The Morgan fingerprint density at radius 1 is 0.893 bits per heavy atom. The van der Waals surface area contributed by atoms with E-state index in [1.807, 2.05) is 43.3 Å². The molecular formula is C22H22N2O3S. The number of carbonyl (C=O) groups excluding carboxylic acids is 1. The van der Waals surface area contributed by atoms with Crippen LogP contribution < -0.4 is 10.0 Å². The number of aryl methyl sites for hydroxylation is 2. The van der Waals surface area contributed by atoms with Gasteiger partial charge in [0, 0.05) is 17.8 Å². The van der Waals surface area contributed by atoms with Crippen molar-refractivity contribution < 1.29 is 13.2 Å². The first kappa shape index (κ1) is 19.6. The Balaban J connectivity index is 1.81. The SMILES string of the molecule is Cc1cccc(NS(=O)(=O)c2cc(C(=O)NCc3ccccc3)ccc2C)c1. The number of anilines is 1. The van der Waals surface area contributed by atoms with Crippen LogP contribution in [-0.2, 0) is 16.6 Å². The molecule has 0 atom stereocenters. The van der Waals surface area contributed by atoms with Gasteiger partial charge < -0.3 is 5.32 Å². The number of hydrogen-bond acceptors (Lipinski definition) is 3. The zero-order valence-corrected chi connectivity index (χ0v) is 16.6. The van der Waals surface area contributed by atoms with Gasteiger partial charge in [-0.3, -0.25) is 9.52 Å². The first-order chi connectivity index (χ1) is 13.3. The average molecular weight is 394 g/mol. The van der Waals surface area contributed by atoms with Crippen molar-refractivity contribution in [2.45, 2.75) is 25.3 Å². The predicted molar refractivity (Wildman–Crippen MR) is 111 cm³/mol. The fraction of sp³-hybridized carbons (Fsp3) is 0.136. The molecule has 0 saturated carbocycles. The summed E-state index contributed by atoms with van der Waals surface area (Å²) < 4.78 is 28.3. The zero-order chi connectivity index (χ0) is 20.1. The first-order valence-electron chi connectivity index (χ1n) is 8.87. The number of rotatable bonds is 6. The van der Waals surface area contributed by atoms with Crippen LogP contribution in [0.25, 0.3) is 0 Å². The van der Waals surface area contributed by atoms with E-state index in [2.05, 4.69) is 10.0 Å². The van der Waals surface area contributed by atoms with Crippen molar-refractivity contribution in [2.75, 3.05) is 4.72 Å². The molecule has 3 aromatic carbocycles. The molecule has 0 spiro atoms. The maximum absolute atomic E-state index is 12.8. The van der Waals surface area contributed by atoms with Crippen molar-refractivity contribution in [1.29, 1.82) is 0 Å². The largest absolute Gasteiger partial charge is 0.348 e. The first-order valence-corrected chi connectivity index (χ1v) is 10.4. The molecule has 0 unspecified atom stereocenters. The van der Waals surface area contributed by atoms with E-state index in [-0.39, 0.29) is 10.8 Å². The topological polar surface area (TPSA) is 75.3 Å². The highest BCUT2D eigenvalue weighted by atomic mass is 32.2. The Hall–Kier alpha value is -3.12. The van der Waals surface area contributed by atoms with Crippen LogP contribution in [0.2, 0.25) is 0 Å². The van der Waals surface area contributed by atoms with Gasteiger partial charge in [0.1, 0.15) is 0 Å². The van der Waals surface area contributed by atoms with Crippen molar-refractivity contribution in [3.05, 3.63) is 95.1 Å². The fourth-order valence-corrected chi connectivity index (χ4v) is 4.15. The second kappa shape index (κ2) is 8.27. The monoisotopic (exact) mass is 394 g/mol. The standard InChI is InChI=1S/C22H22N2O3S/c1-16-7-6-10-20(13-16)24-28(26,27)21-14-19(12-11-17(21)2)22(25)23-15-18-8-4-3-5-9-18/h3-14,24H,15H2,1-2H3,(H,23,25). The minimum absolute atomic E-state index is 0.0846. The van der Waals surface area contributed by atoms with Crippen molar-refractivity contribution in [1.82, 2.24) is 5.32 Å². The quantitative estimate of drug-likeness (QED) is 0.663. The third-order valence-corrected chi connectivity index (χ3v) is 5.83. The van der Waals surface area contributed by atoms with Crippen LogP contribution in [-0.4, -0.2) is 14.3 Å². The van der Waals surface area contributed by atoms with E-state index in [1.165, 1.54) is 6.07 Å². The normalized spacial score (nSPS) is 11.1. The maximum atomic E-state index is 12.8.